The lowest BCUT2D eigenvalue weighted by Crippen LogP contribution is -2.54. The number of carbonyl (C=O) groups is 2. The molecule has 1 atom stereocenters. The van der Waals surface area contributed by atoms with Gasteiger partial charge in [0.05, 0.1) is 6.54 Å². The largest absolute Gasteiger partial charge is 0.367 e. The molecular weight excluding hydrogens is 325 g/mol. The first-order valence-electron chi connectivity index (χ1n) is 6.99. The zero-order valence-electron chi connectivity index (χ0n) is 12.4. The van der Waals surface area contributed by atoms with Crippen LogP contribution >= 0.6 is 24.0 Å². The Balaban J connectivity index is 0.00000242. The predicted molar refractivity (Wildman–Crippen MR) is 89.0 cm³/mol. The van der Waals surface area contributed by atoms with Crippen LogP contribution in [0, 0.1) is 5.92 Å². The highest BCUT2D eigenvalue weighted by Crippen LogP contribution is 2.27. The van der Waals surface area contributed by atoms with Gasteiger partial charge >= 0.3 is 0 Å². The molecule has 2 amide bonds. The third-order valence-electron chi connectivity index (χ3n) is 3.70. The van der Waals surface area contributed by atoms with Crippen molar-refractivity contribution in [3.05, 3.63) is 34.9 Å². The molecule has 5 nitrogen and oxygen atoms in total. The van der Waals surface area contributed by atoms with E-state index in [9.17, 15) is 9.59 Å². The first-order chi connectivity index (χ1) is 9.91. The Hall–Kier alpha value is -1.30. The molecule has 0 spiro atoms. The van der Waals surface area contributed by atoms with Gasteiger partial charge in [-0.2, -0.15) is 0 Å². The first kappa shape index (κ1) is 18.7. The van der Waals surface area contributed by atoms with E-state index in [4.69, 9.17) is 17.3 Å². The van der Waals surface area contributed by atoms with Crippen LogP contribution in [0.25, 0.3) is 0 Å². The van der Waals surface area contributed by atoms with Gasteiger partial charge in [-0.15, -0.1) is 12.4 Å². The van der Waals surface area contributed by atoms with Crippen molar-refractivity contribution in [1.82, 2.24) is 10.6 Å². The second kappa shape index (κ2) is 7.81. The lowest BCUT2D eigenvalue weighted by molar-refractivity contribution is -0.131. The minimum Gasteiger partial charge on any atom is -0.367 e. The molecule has 22 heavy (non-hydrogen) atoms. The standard InChI is InChI=1S/C15H20ClN3O2.ClH/c1-15(14(17)21,11-3-2-4-12(16)7-11)19-13(20)9-18-8-10-5-6-10;/h2-4,7,10,18H,5-6,8-9H2,1H3,(H2,17,21)(H,19,20);1H. The van der Waals surface area contributed by atoms with E-state index >= 15 is 0 Å². The minimum absolute atomic E-state index is 0. The summed E-state index contributed by atoms with van der Waals surface area (Å²) in [4.78, 5) is 23.8. The van der Waals surface area contributed by atoms with E-state index in [2.05, 4.69) is 10.6 Å². The van der Waals surface area contributed by atoms with Gasteiger partial charge in [-0.3, -0.25) is 9.59 Å². The highest BCUT2D eigenvalue weighted by molar-refractivity contribution is 6.30. The molecule has 4 N–H and O–H groups in total. The molecule has 1 aliphatic rings. The topological polar surface area (TPSA) is 84.2 Å². The van der Waals surface area contributed by atoms with Crippen LogP contribution in [0.3, 0.4) is 0 Å². The number of carbonyl (C=O) groups excluding carboxylic acids is 2. The maximum Gasteiger partial charge on any atom is 0.247 e. The van der Waals surface area contributed by atoms with Gasteiger partial charge in [0.15, 0.2) is 0 Å². The number of amides is 2. The number of halogens is 2. The fraction of sp³-hybridized carbons (Fsp3) is 0.467. The van der Waals surface area contributed by atoms with Gasteiger partial charge in [-0.1, -0.05) is 23.7 Å². The Labute approximate surface area is 141 Å². The van der Waals surface area contributed by atoms with Crippen molar-refractivity contribution in [3.63, 3.8) is 0 Å². The smallest absolute Gasteiger partial charge is 0.247 e. The van der Waals surface area contributed by atoms with E-state index in [0.29, 0.717) is 16.5 Å². The maximum absolute atomic E-state index is 12.0. The van der Waals surface area contributed by atoms with Gasteiger partial charge < -0.3 is 16.4 Å². The van der Waals surface area contributed by atoms with Crippen LogP contribution < -0.4 is 16.4 Å². The van der Waals surface area contributed by atoms with Crippen molar-refractivity contribution in [2.75, 3.05) is 13.1 Å². The summed E-state index contributed by atoms with van der Waals surface area (Å²) in [6.45, 7) is 2.58. The minimum atomic E-state index is -1.27. The quantitative estimate of drug-likeness (QED) is 0.701. The molecule has 2 rings (SSSR count). The number of primary amides is 1. The summed E-state index contributed by atoms with van der Waals surface area (Å²) < 4.78 is 0. The molecule has 1 aliphatic carbocycles. The normalized spacial score (nSPS) is 16.3. The third kappa shape index (κ3) is 4.87. The van der Waals surface area contributed by atoms with Gasteiger partial charge in [-0.25, -0.2) is 0 Å². The van der Waals surface area contributed by atoms with Crippen molar-refractivity contribution in [1.29, 1.82) is 0 Å². The van der Waals surface area contributed by atoms with Crippen molar-refractivity contribution in [2.45, 2.75) is 25.3 Å². The Morgan fingerprint density at radius 3 is 2.64 bits per heavy atom. The van der Waals surface area contributed by atoms with E-state index < -0.39 is 11.4 Å². The van der Waals surface area contributed by atoms with Gasteiger partial charge in [0, 0.05) is 5.02 Å². The Morgan fingerprint density at radius 1 is 1.41 bits per heavy atom. The Kier molecular flexibility index (Phi) is 6.66. The zero-order chi connectivity index (χ0) is 15.5. The first-order valence-corrected chi connectivity index (χ1v) is 7.37. The van der Waals surface area contributed by atoms with Crippen LogP contribution in [-0.4, -0.2) is 24.9 Å². The molecule has 7 heteroatoms. The molecule has 1 fully saturated rings. The van der Waals surface area contributed by atoms with Gasteiger partial charge in [0.1, 0.15) is 5.54 Å². The van der Waals surface area contributed by atoms with Gasteiger partial charge in [-0.05, 0) is 49.9 Å². The van der Waals surface area contributed by atoms with E-state index in [1.807, 2.05) is 0 Å². The second-order valence-corrected chi connectivity index (χ2v) is 6.06. The molecular formula is C15H21Cl2N3O2. The predicted octanol–water partition coefficient (Wildman–Crippen LogP) is 1.58. The fourth-order valence-corrected chi connectivity index (χ4v) is 2.30. The maximum atomic E-state index is 12.0. The monoisotopic (exact) mass is 345 g/mol. The van der Waals surface area contributed by atoms with Crippen molar-refractivity contribution < 1.29 is 9.59 Å². The van der Waals surface area contributed by atoms with E-state index in [1.165, 1.54) is 12.8 Å². The average Bonchev–Trinajstić information content (AvgIpc) is 3.22. The number of nitrogens with one attached hydrogen (secondary N) is 2. The molecule has 122 valence electrons. The summed E-state index contributed by atoms with van der Waals surface area (Å²) in [6, 6.07) is 6.76. The number of benzene rings is 1. The number of hydrogen-bond acceptors (Lipinski definition) is 3. The molecule has 0 bridgehead atoms. The van der Waals surface area contributed by atoms with Crippen LogP contribution in [0.2, 0.25) is 5.02 Å². The van der Waals surface area contributed by atoms with E-state index in [-0.39, 0.29) is 24.9 Å². The van der Waals surface area contributed by atoms with Crippen LogP contribution in [0.15, 0.2) is 24.3 Å². The summed E-state index contributed by atoms with van der Waals surface area (Å²) in [7, 11) is 0. The summed E-state index contributed by atoms with van der Waals surface area (Å²) in [5.74, 6) is -0.203. The van der Waals surface area contributed by atoms with Crippen LogP contribution in [0.5, 0.6) is 0 Å². The average molecular weight is 346 g/mol. The highest BCUT2D eigenvalue weighted by Gasteiger charge is 2.35. The van der Waals surface area contributed by atoms with Gasteiger partial charge in [0.2, 0.25) is 11.8 Å². The Bertz CT molecular complexity index is 549. The van der Waals surface area contributed by atoms with Crippen LogP contribution in [0.4, 0.5) is 0 Å². The van der Waals surface area contributed by atoms with Crippen LogP contribution in [-0.2, 0) is 15.1 Å². The molecule has 1 unspecified atom stereocenters. The van der Waals surface area contributed by atoms with Crippen molar-refractivity contribution in [3.8, 4) is 0 Å². The molecule has 0 radical (unpaired) electrons. The SMILES string of the molecule is CC(NC(=O)CNCC1CC1)(C(N)=O)c1cccc(Cl)c1.Cl. The number of hydrogen-bond donors (Lipinski definition) is 3. The highest BCUT2D eigenvalue weighted by atomic mass is 35.5. The summed E-state index contributed by atoms with van der Waals surface area (Å²) in [6.07, 6.45) is 2.44. The second-order valence-electron chi connectivity index (χ2n) is 5.62. The molecule has 0 aromatic heterocycles. The molecule has 1 aromatic rings. The van der Waals surface area contributed by atoms with Gasteiger partial charge in [0.25, 0.3) is 0 Å². The Morgan fingerprint density at radius 2 is 2.09 bits per heavy atom. The molecule has 1 saturated carbocycles. The van der Waals surface area contributed by atoms with E-state index in [1.54, 1.807) is 31.2 Å². The summed E-state index contributed by atoms with van der Waals surface area (Å²) in [5.41, 5.74) is 4.76. The zero-order valence-corrected chi connectivity index (χ0v) is 14.0. The molecule has 0 heterocycles. The lowest BCUT2D eigenvalue weighted by atomic mass is 9.91. The fourth-order valence-electron chi connectivity index (χ4n) is 2.11. The van der Waals surface area contributed by atoms with Crippen molar-refractivity contribution >= 4 is 35.8 Å². The lowest BCUT2D eigenvalue weighted by Gasteiger charge is -2.28. The van der Waals surface area contributed by atoms with Crippen molar-refractivity contribution in [2.24, 2.45) is 11.7 Å². The third-order valence-corrected chi connectivity index (χ3v) is 3.93. The number of rotatable bonds is 7. The number of nitrogens with two attached hydrogens (primary N) is 1. The molecule has 0 aliphatic heterocycles. The summed E-state index contributed by atoms with van der Waals surface area (Å²) >= 11 is 5.94. The van der Waals surface area contributed by atoms with Crippen LogP contribution in [0.1, 0.15) is 25.3 Å². The molecule has 1 aromatic carbocycles. The summed E-state index contributed by atoms with van der Waals surface area (Å²) in [5, 5.41) is 6.26. The molecule has 0 saturated heterocycles. The van der Waals surface area contributed by atoms with E-state index in [0.717, 1.165) is 6.54 Å².